The van der Waals surface area contributed by atoms with Crippen molar-refractivity contribution in [1.29, 1.82) is 0 Å². The molecule has 0 unspecified atom stereocenters. The predicted molar refractivity (Wildman–Crippen MR) is 52.2 cm³/mol. The second-order valence-corrected chi connectivity index (χ2v) is 4.69. The Hall–Kier alpha value is -0.680. The summed E-state index contributed by atoms with van der Waals surface area (Å²) in [5, 5.41) is 0. The van der Waals surface area contributed by atoms with Crippen LogP contribution in [-0.2, 0) is 10.0 Å². The van der Waals surface area contributed by atoms with Crippen molar-refractivity contribution in [2.24, 2.45) is 0 Å². The third-order valence-electron chi connectivity index (χ3n) is 1.17. The highest BCUT2D eigenvalue weighted by atomic mass is 32.2. The van der Waals surface area contributed by atoms with E-state index in [4.69, 9.17) is 0 Å². The van der Waals surface area contributed by atoms with E-state index < -0.39 is 10.0 Å². The fourth-order valence-electron chi connectivity index (χ4n) is 0.744. The summed E-state index contributed by atoms with van der Waals surface area (Å²) in [6.07, 6.45) is 1.11. The van der Waals surface area contributed by atoms with Gasteiger partial charge in [-0.2, -0.15) is 0 Å². The largest absolute Gasteiger partial charge is 0.284 e. The Balaban J connectivity index is 2.85. The van der Waals surface area contributed by atoms with Gasteiger partial charge in [0.05, 0.1) is 6.26 Å². The van der Waals surface area contributed by atoms with Crippen LogP contribution in [0.15, 0.2) is 29.2 Å². The summed E-state index contributed by atoms with van der Waals surface area (Å²) < 4.78 is 23.9. The molecule has 1 aromatic carbocycles. The van der Waals surface area contributed by atoms with E-state index >= 15 is 0 Å². The Morgan fingerprint density at radius 1 is 1.25 bits per heavy atom. The van der Waals surface area contributed by atoms with Gasteiger partial charge in [-0.25, -0.2) is 8.42 Å². The minimum absolute atomic E-state index is 0.551. The summed E-state index contributed by atoms with van der Waals surface area (Å²) in [5.41, 5.74) is 0.551. The molecule has 0 radical (unpaired) electrons. The van der Waals surface area contributed by atoms with Gasteiger partial charge in [-0.15, -0.1) is 12.6 Å². The molecular weight excluding hydrogens is 194 g/mol. The molecule has 0 saturated heterocycles. The Bertz CT molecular complexity index is 355. The lowest BCUT2D eigenvalue weighted by atomic mass is 10.3. The van der Waals surface area contributed by atoms with Crippen molar-refractivity contribution < 1.29 is 8.42 Å². The van der Waals surface area contributed by atoms with Crippen molar-refractivity contribution in [3.63, 3.8) is 0 Å². The standard InChI is InChI=1S/C7H9NO2S2/c1-12(9,10)8-6-2-4-7(11)5-3-6/h2-5,8,11H,1H3. The van der Waals surface area contributed by atoms with Crippen molar-refractivity contribution in [3.05, 3.63) is 24.3 Å². The summed E-state index contributed by atoms with van der Waals surface area (Å²) in [4.78, 5) is 0.800. The maximum Gasteiger partial charge on any atom is 0.229 e. The van der Waals surface area contributed by atoms with E-state index in [9.17, 15) is 8.42 Å². The Morgan fingerprint density at radius 2 is 1.75 bits per heavy atom. The van der Waals surface area contributed by atoms with Crippen molar-refractivity contribution in [3.8, 4) is 0 Å². The highest BCUT2D eigenvalue weighted by Crippen LogP contribution is 2.12. The first-order valence-corrected chi connectivity index (χ1v) is 5.58. The molecule has 3 nitrogen and oxygen atoms in total. The fraction of sp³-hybridized carbons (Fsp3) is 0.143. The van der Waals surface area contributed by atoms with Crippen molar-refractivity contribution in [2.45, 2.75) is 4.90 Å². The molecule has 0 aliphatic carbocycles. The van der Waals surface area contributed by atoms with E-state index in [1.54, 1.807) is 24.3 Å². The van der Waals surface area contributed by atoms with Crippen LogP contribution in [-0.4, -0.2) is 14.7 Å². The number of thiol groups is 1. The molecule has 0 amide bonds. The molecule has 0 heterocycles. The average Bonchev–Trinajstić information content (AvgIpc) is 1.91. The minimum atomic E-state index is -3.16. The van der Waals surface area contributed by atoms with Gasteiger partial charge in [0.15, 0.2) is 0 Å². The molecular formula is C7H9NO2S2. The zero-order chi connectivity index (χ0) is 9.19. The minimum Gasteiger partial charge on any atom is -0.284 e. The van der Waals surface area contributed by atoms with Crippen LogP contribution in [0.25, 0.3) is 0 Å². The van der Waals surface area contributed by atoms with Gasteiger partial charge in [0.2, 0.25) is 10.0 Å². The van der Waals surface area contributed by atoms with Crippen LogP contribution in [0.2, 0.25) is 0 Å². The molecule has 12 heavy (non-hydrogen) atoms. The van der Waals surface area contributed by atoms with Crippen LogP contribution >= 0.6 is 12.6 Å². The second-order valence-electron chi connectivity index (χ2n) is 2.42. The quantitative estimate of drug-likeness (QED) is 0.713. The maximum absolute atomic E-state index is 10.8. The Labute approximate surface area is 77.3 Å². The normalized spacial score (nSPS) is 11.2. The highest BCUT2D eigenvalue weighted by Gasteiger charge is 1.99. The number of sulfonamides is 1. The van der Waals surface area contributed by atoms with Gasteiger partial charge in [-0.05, 0) is 24.3 Å². The molecule has 0 saturated carbocycles. The molecule has 1 aromatic rings. The third-order valence-corrected chi connectivity index (χ3v) is 2.08. The lowest BCUT2D eigenvalue weighted by molar-refractivity contribution is 0.607. The maximum atomic E-state index is 10.8. The Morgan fingerprint density at radius 3 is 2.17 bits per heavy atom. The fourth-order valence-corrected chi connectivity index (χ4v) is 1.46. The van der Waals surface area contributed by atoms with E-state index in [2.05, 4.69) is 17.4 Å². The van der Waals surface area contributed by atoms with Gasteiger partial charge in [0.1, 0.15) is 0 Å². The summed E-state index contributed by atoms with van der Waals surface area (Å²) in [6.45, 7) is 0. The second kappa shape index (κ2) is 3.37. The monoisotopic (exact) mass is 203 g/mol. The summed E-state index contributed by atoms with van der Waals surface area (Å²) in [5.74, 6) is 0. The van der Waals surface area contributed by atoms with Gasteiger partial charge in [0, 0.05) is 10.6 Å². The number of rotatable bonds is 2. The van der Waals surface area contributed by atoms with Crippen LogP contribution in [0.5, 0.6) is 0 Å². The molecule has 0 bridgehead atoms. The zero-order valence-corrected chi connectivity index (χ0v) is 8.19. The number of benzene rings is 1. The van der Waals surface area contributed by atoms with Crippen LogP contribution in [0.1, 0.15) is 0 Å². The van der Waals surface area contributed by atoms with E-state index in [1.165, 1.54) is 0 Å². The highest BCUT2D eigenvalue weighted by molar-refractivity contribution is 7.92. The molecule has 0 fully saturated rings. The van der Waals surface area contributed by atoms with Crippen molar-refractivity contribution in [1.82, 2.24) is 0 Å². The SMILES string of the molecule is CS(=O)(=O)Nc1ccc(S)cc1. The molecule has 0 spiro atoms. The van der Waals surface area contributed by atoms with E-state index in [-0.39, 0.29) is 0 Å². The zero-order valence-electron chi connectivity index (χ0n) is 6.48. The first-order valence-electron chi connectivity index (χ1n) is 3.24. The van der Waals surface area contributed by atoms with Crippen LogP contribution in [0.4, 0.5) is 5.69 Å². The smallest absolute Gasteiger partial charge is 0.229 e. The van der Waals surface area contributed by atoms with Crippen LogP contribution < -0.4 is 4.72 Å². The molecule has 66 valence electrons. The van der Waals surface area contributed by atoms with Crippen molar-refractivity contribution >= 4 is 28.3 Å². The van der Waals surface area contributed by atoms with Gasteiger partial charge in [-0.3, -0.25) is 4.72 Å². The molecule has 5 heteroatoms. The summed E-state index contributed by atoms with van der Waals surface area (Å²) >= 11 is 4.07. The topological polar surface area (TPSA) is 46.2 Å². The number of nitrogens with one attached hydrogen (secondary N) is 1. The van der Waals surface area contributed by atoms with Gasteiger partial charge in [0.25, 0.3) is 0 Å². The van der Waals surface area contributed by atoms with Gasteiger partial charge >= 0.3 is 0 Å². The first kappa shape index (κ1) is 9.41. The first-order chi connectivity index (χ1) is 5.47. The average molecular weight is 203 g/mol. The van der Waals surface area contributed by atoms with E-state index in [0.29, 0.717) is 5.69 Å². The number of anilines is 1. The third kappa shape index (κ3) is 3.15. The van der Waals surface area contributed by atoms with Crippen molar-refractivity contribution in [2.75, 3.05) is 11.0 Å². The molecule has 0 aliphatic heterocycles. The number of hydrogen-bond acceptors (Lipinski definition) is 3. The van der Waals surface area contributed by atoms with E-state index in [0.717, 1.165) is 11.2 Å². The summed E-state index contributed by atoms with van der Waals surface area (Å²) in [6, 6.07) is 6.75. The molecule has 1 rings (SSSR count). The summed E-state index contributed by atoms with van der Waals surface area (Å²) in [7, 11) is -3.16. The molecule has 1 N–H and O–H groups in total. The van der Waals surface area contributed by atoms with Crippen LogP contribution in [0, 0.1) is 0 Å². The molecule has 0 atom stereocenters. The number of hydrogen-bond donors (Lipinski definition) is 2. The predicted octanol–water partition coefficient (Wildman–Crippen LogP) is 1.35. The van der Waals surface area contributed by atoms with Gasteiger partial charge < -0.3 is 0 Å². The van der Waals surface area contributed by atoms with Gasteiger partial charge in [-0.1, -0.05) is 0 Å². The van der Waals surface area contributed by atoms with Crippen LogP contribution in [0.3, 0.4) is 0 Å². The lowest BCUT2D eigenvalue weighted by Crippen LogP contribution is -2.09. The molecule has 0 aliphatic rings. The lowest BCUT2D eigenvalue weighted by Gasteiger charge is -2.02. The van der Waals surface area contributed by atoms with E-state index in [1.807, 2.05) is 0 Å². The molecule has 0 aromatic heterocycles. The Kier molecular flexibility index (Phi) is 2.64.